The summed E-state index contributed by atoms with van der Waals surface area (Å²) in [6.45, 7) is 0.950. The van der Waals surface area contributed by atoms with Gasteiger partial charge >= 0.3 is 16.8 Å². The Hall–Kier alpha value is -4.19. The smallest absolute Gasteiger partial charge is 0.512 e. The second-order valence-corrected chi connectivity index (χ2v) is 9.67. The summed E-state index contributed by atoms with van der Waals surface area (Å²) in [5.74, 6) is 0.561. The third-order valence-corrected chi connectivity index (χ3v) is 6.31. The van der Waals surface area contributed by atoms with Crippen LogP contribution in [0.2, 0.25) is 0 Å². The van der Waals surface area contributed by atoms with Crippen molar-refractivity contribution < 1.29 is 27.0 Å². The number of nitrogens with zero attached hydrogens (tertiary/aromatic N) is 2. The molecule has 0 aliphatic carbocycles. The molecule has 0 saturated carbocycles. The Labute approximate surface area is 253 Å². The Balaban J connectivity index is 0.00000462. The van der Waals surface area contributed by atoms with Crippen LogP contribution < -0.4 is 0 Å². The van der Waals surface area contributed by atoms with Gasteiger partial charge in [-0.15, -0.1) is 0 Å². The Bertz CT molecular complexity index is 1320. The number of aliphatic hydroxyl groups is 2. The summed E-state index contributed by atoms with van der Waals surface area (Å²) in [5, 5.41) is 21.4. The molecule has 4 aromatic rings. The van der Waals surface area contributed by atoms with Gasteiger partial charge in [-0.2, -0.15) is 0 Å². The fourth-order valence-electron chi connectivity index (χ4n) is 4.40. The zero-order chi connectivity index (χ0) is 27.8. The SMILES string of the molecule is O/C(=C\C(Cc1ccccc1)=NCCN=C(/C=C(\O)Cc1ccccc1)Cc1ccccc1)Cc1ccccc1.[Co+2]. The molecule has 0 atom stereocenters. The van der Waals surface area contributed by atoms with Crippen molar-refractivity contribution in [1.29, 1.82) is 0 Å². The van der Waals surface area contributed by atoms with Crippen LogP contribution >= 0.6 is 0 Å². The Morgan fingerprint density at radius 1 is 0.439 bits per heavy atom. The number of rotatable bonds is 13. The van der Waals surface area contributed by atoms with Gasteiger partial charge < -0.3 is 10.2 Å². The molecule has 0 bridgehead atoms. The van der Waals surface area contributed by atoms with Crippen molar-refractivity contribution in [3.63, 3.8) is 0 Å². The summed E-state index contributed by atoms with van der Waals surface area (Å²) in [4.78, 5) is 9.63. The molecule has 0 saturated heterocycles. The van der Waals surface area contributed by atoms with Crippen LogP contribution in [0.25, 0.3) is 0 Å². The molecule has 2 N–H and O–H groups in total. The van der Waals surface area contributed by atoms with Gasteiger partial charge in [0, 0.05) is 37.1 Å². The second-order valence-electron chi connectivity index (χ2n) is 9.67. The molecule has 0 amide bonds. The average molecular weight is 588 g/mol. The zero-order valence-corrected chi connectivity index (χ0v) is 24.1. The topological polar surface area (TPSA) is 65.2 Å². The molecular weight excluding hydrogens is 551 g/mol. The van der Waals surface area contributed by atoms with E-state index in [2.05, 4.69) is 24.3 Å². The molecule has 4 nitrogen and oxygen atoms in total. The van der Waals surface area contributed by atoms with Crippen LogP contribution in [0, 0.1) is 0 Å². The van der Waals surface area contributed by atoms with Crippen LogP contribution in [0.3, 0.4) is 0 Å². The van der Waals surface area contributed by atoms with Crippen molar-refractivity contribution in [3.8, 4) is 0 Å². The molecule has 0 aliphatic heterocycles. The third-order valence-electron chi connectivity index (χ3n) is 6.31. The summed E-state index contributed by atoms with van der Waals surface area (Å²) in [5.41, 5.74) is 5.98. The molecule has 0 aromatic heterocycles. The number of hydrogen-bond donors (Lipinski definition) is 2. The van der Waals surface area contributed by atoms with Crippen molar-refractivity contribution in [2.75, 3.05) is 13.1 Å². The summed E-state index contributed by atoms with van der Waals surface area (Å²) in [6.07, 6.45) is 5.72. The molecular formula is C36H36CoN2O2+2. The first-order chi connectivity index (χ1) is 19.6. The minimum absolute atomic E-state index is 0. The van der Waals surface area contributed by atoms with Crippen LogP contribution in [-0.2, 0) is 42.5 Å². The molecule has 0 aliphatic rings. The molecule has 1 radical (unpaired) electrons. The first-order valence-electron chi connectivity index (χ1n) is 13.7. The van der Waals surface area contributed by atoms with Gasteiger partial charge in [-0.1, -0.05) is 121 Å². The molecule has 4 aromatic carbocycles. The Kier molecular flexibility index (Phi) is 13.4. The van der Waals surface area contributed by atoms with E-state index in [0.717, 1.165) is 33.7 Å². The summed E-state index contributed by atoms with van der Waals surface area (Å²) in [6, 6.07) is 40.1. The molecule has 209 valence electrons. The van der Waals surface area contributed by atoms with E-state index >= 15 is 0 Å². The maximum absolute atomic E-state index is 10.7. The third kappa shape index (κ3) is 11.8. The molecule has 0 heterocycles. The van der Waals surface area contributed by atoms with Gasteiger partial charge in [-0.3, -0.25) is 9.98 Å². The normalized spacial score (nSPS) is 12.6. The predicted molar refractivity (Wildman–Crippen MR) is 167 cm³/mol. The fraction of sp³-hybridized carbons (Fsp3) is 0.167. The van der Waals surface area contributed by atoms with Crippen LogP contribution in [0.4, 0.5) is 0 Å². The number of benzene rings is 4. The van der Waals surface area contributed by atoms with Gasteiger partial charge in [-0.05, 0) is 34.4 Å². The first-order valence-corrected chi connectivity index (χ1v) is 13.7. The van der Waals surface area contributed by atoms with Crippen molar-refractivity contribution in [2.45, 2.75) is 25.7 Å². The largest absolute Gasteiger partial charge is 2.00 e. The van der Waals surface area contributed by atoms with Gasteiger partial charge in [0.25, 0.3) is 0 Å². The van der Waals surface area contributed by atoms with Crippen LogP contribution in [-0.4, -0.2) is 34.7 Å². The number of aliphatic hydroxyl groups excluding tert-OH is 2. The first kappa shape index (κ1) is 31.3. The molecule has 0 unspecified atom stereocenters. The van der Waals surface area contributed by atoms with Crippen molar-refractivity contribution in [3.05, 3.63) is 167 Å². The molecule has 4 rings (SSSR count). The van der Waals surface area contributed by atoms with E-state index in [1.165, 1.54) is 0 Å². The molecule has 0 spiro atoms. The summed E-state index contributed by atoms with van der Waals surface area (Å²) < 4.78 is 0. The van der Waals surface area contributed by atoms with Crippen LogP contribution in [0.15, 0.2) is 155 Å². The van der Waals surface area contributed by atoms with E-state index < -0.39 is 0 Å². The van der Waals surface area contributed by atoms with Crippen molar-refractivity contribution in [2.24, 2.45) is 9.98 Å². The van der Waals surface area contributed by atoms with E-state index in [1.807, 2.05) is 97.1 Å². The van der Waals surface area contributed by atoms with Gasteiger partial charge in [-0.25, -0.2) is 0 Å². The minimum atomic E-state index is 0. The monoisotopic (exact) mass is 587 g/mol. The van der Waals surface area contributed by atoms with Gasteiger partial charge in [0.1, 0.15) is 0 Å². The van der Waals surface area contributed by atoms with Crippen molar-refractivity contribution >= 4 is 11.4 Å². The molecule has 0 fully saturated rings. The van der Waals surface area contributed by atoms with E-state index in [9.17, 15) is 10.2 Å². The van der Waals surface area contributed by atoms with E-state index in [4.69, 9.17) is 9.98 Å². The maximum Gasteiger partial charge on any atom is 2.00 e. The van der Waals surface area contributed by atoms with E-state index in [-0.39, 0.29) is 28.3 Å². The van der Waals surface area contributed by atoms with Gasteiger partial charge in [0.15, 0.2) is 0 Å². The number of hydrogen-bond acceptors (Lipinski definition) is 4. The van der Waals surface area contributed by atoms with E-state index in [1.54, 1.807) is 12.2 Å². The average Bonchev–Trinajstić information content (AvgIpc) is 2.97. The molecule has 5 heteroatoms. The Morgan fingerprint density at radius 2 is 0.707 bits per heavy atom. The zero-order valence-electron chi connectivity index (χ0n) is 23.1. The summed E-state index contributed by atoms with van der Waals surface area (Å²) >= 11 is 0. The van der Waals surface area contributed by atoms with Gasteiger partial charge in [0.05, 0.1) is 24.6 Å². The molecule has 41 heavy (non-hydrogen) atoms. The van der Waals surface area contributed by atoms with Crippen molar-refractivity contribution in [1.82, 2.24) is 0 Å². The predicted octanol–water partition coefficient (Wildman–Crippen LogP) is 7.72. The summed E-state index contributed by atoms with van der Waals surface area (Å²) in [7, 11) is 0. The second kappa shape index (κ2) is 17.5. The van der Waals surface area contributed by atoms with Crippen LogP contribution in [0.1, 0.15) is 22.3 Å². The maximum atomic E-state index is 10.7. The minimum Gasteiger partial charge on any atom is -0.512 e. The quantitative estimate of drug-likeness (QED) is 0.0956. The standard InChI is InChI=1S/C36H36N2O2.Co/c39-35(25-31-17-9-3-10-18-31)27-33(23-29-13-5-1-6-14-29)37-21-22-38-34(24-30-15-7-2-8-16-30)28-36(40)26-32-19-11-4-12-20-32;/h1-20,27-28,39-40H,21-26H2;/q;+2/b35-27-,36-28-,37-33?,38-34?;. The van der Waals surface area contributed by atoms with Gasteiger partial charge in [0.2, 0.25) is 0 Å². The number of allylic oxidation sites excluding steroid dienone is 4. The van der Waals surface area contributed by atoms with Crippen LogP contribution in [0.5, 0.6) is 0 Å². The fourth-order valence-corrected chi connectivity index (χ4v) is 4.40. The van der Waals surface area contributed by atoms with E-state index in [0.29, 0.717) is 38.8 Å². The number of aliphatic imine (C=N–C) groups is 2. The Morgan fingerprint density at radius 3 is 1.00 bits per heavy atom.